The summed E-state index contributed by atoms with van der Waals surface area (Å²) in [5.41, 5.74) is 1.31. The summed E-state index contributed by atoms with van der Waals surface area (Å²) < 4.78 is 26.4. The molecule has 0 radical (unpaired) electrons. The Labute approximate surface area is 173 Å². The highest BCUT2D eigenvalue weighted by molar-refractivity contribution is 5.81. The molecule has 0 atom stereocenters. The van der Waals surface area contributed by atoms with Crippen LogP contribution >= 0.6 is 0 Å². The summed E-state index contributed by atoms with van der Waals surface area (Å²) in [6.07, 6.45) is 3.84. The van der Waals surface area contributed by atoms with E-state index in [9.17, 15) is 9.59 Å². The third kappa shape index (κ3) is 5.00. The van der Waals surface area contributed by atoms with Gasteiger partial charge >= 0.3 is 11.6 Å². The fraction of sp³-hybridized carbons (Fsp3) is 0.217. The molecular formula is C23H22O7. The maximum Gasteiger partial charge on any atom is 0.344 e. The molecule has 1 aromatic heterocycles. The van der Waals surface area contributed by atoms with Crippen molar-refractivity contribution in [3.8, 4) is 17.2 Å². The summed E-state index contributed by atoms with van der Waals surface area (Å²) >= 11 is 0. The Balaban J connectivity index is 1.66. The zero-order chi connectivity index (χ0) is 21.5. The van der Waals surface area contributed by atoms with Crippen molar-refractivity contribution in [3.05, 3.63) is 70.1 Å². The molecule has 1 heterocycles. The fourth-order valence-electron chi connectivity index (χ4n) is 2.89. The van der Waals surface area contributed by atoms with E-state index < -0.39 is 11.6 Å². The molecule has 0 aliphatic heterocycles. The lowest BCUT2D eigenvalue weighted by Gasteiger charge is -2.12. The fourth-order valence-corrected chi connectivity index (χ4v) is 2.89. The molecule has 30 heavy (non-hydrogen) atoms. The van der Waals surface area contributed by atoms with E-state index in [1.54, 1.807) is 24.3 Å². The molecule has 0 unspecified atom stereocenters. The minimum Gasteiger partial charge on any atom is -0.497 e. The molecule has 0 saturated carbocycles. The summed E-state index contributed by atoms with van der Waals surface area (Å²) in [7, 11) is 3.05. The molecule has 7 nitrogen and oxygen atoms in total. The zero-order valence-corrected chi connectivity index (χ0v) is 17.0. The molecule has 0 saturated heterocycles. The first-order valence-electron chi connectivity index (χ1n) is 9.24. The van der Waals surface area contributed by atoms with Gasteiger partial charge < -0.3 is 23.4 Å². The van der Waals surface area contributed by atoms with E-state index in [2.05, 4.69) is 0 Å². The molecule has 3 rings (SSSR count). The van der Waals surface area contributed by atoms with Crippen LogP contribution < -0.4 is 19.8 Å². The number of rotatable bonds is 8. The van der Waals surface area contributed by atoms with Crippen LogP contribution in [0, 0.1) is 0 Å². The van der Waals surface area contributed by atoms with Crippen LogP contribution in [0.2, 0.25) is 0 Å². The Bertz CT molecular complexity index is 1130. The molecule has 3 aromatic rings. The first kappa shape index (κ1) is 21.0. The second-order valence-corrected chi connectivity index (χ2v) is 6.31. The smallest absolute Gasteiger partial charge is 0.344 e. The number of carbonyl (C=O) groups is 1. The number of hydrogen-bond donors (Lipinski definition) is 0. The van der Waals surface area contributed by atoms with Crippen molar-refractivity contribution in [1.82, 2.24) is 0 Å². The van der Waals surface area contributed by atoms with Gasteiger partial charge in [0.2, 0.25) is 0 Å². The van der Waals surface area contributed by atoms with E-state index in [0.29, 0.717) is 33.8 Å². The van der Waals surface area contributed by atoms with Crippen LogP contribution in [0.15, 0.2) is 57.8 Å². The van der Waals surface area contributed by atoms with Gasteiger partial charge in [-0.3, -0.25) is 0 Å². The molecule has 0 N–H and O–H groups in total. The van der Waals surface area contributed by atoms with Gasteiger partial charge in [-0.25, -0.2) is 9.59 Å². The Morgan fingerprint density at radius 1 is 1.03 bits per heavy atom. The molecule has 0 aliphatic carbocycles. The third-order valence-corrected chi connectivity index (χ3v) is 4.32. The average molecular weight is 410 g/mol. The summed E-state index contributed by atoms with van der Waals surface area (Å²) in [6, 6.07) is 11.8. The van der Waals surface area contributed by atoms with Gasteiger partial charge in [-0.2, -0.15) is 0 Å². The van der Waals surface area contributed by atoms with Crippen molar-refractivity contribution in [3.63, 3.8) is 0 Å². The largest absolute Gasteiger partial charge is 0.497 e. The zero-order valence-electron chi connectivity index (χ0n) is 17.0. The minimum atomic E-state index is -0.579. The van der Waals surface area contributed by atoms with Gasteiger partial charge in [-0.15, -0.1) is 0 Å². The van der Waals surface area contributed by atoms with Crippen LogP contribution in [0.4, 0.5) is 0 Å². The molecule has 0 spiro atoms. The van der Waals surface area contributed by atoms with Crippen LogP contribution in [0.5, 0.6) is 17.2 Å². The number of carbonyl (C=O) groups excluding carboxylic acids is 1. The van der Waals surface area contributed by atoms with Gasteiger partial charge in [0.25, 0.3) is 0 Å². The van der Waals surface area contributed by atoms with E-state index in [-0.39, 0.29) is 13.2 Å². The van der Waals surface area contributed by atoms with Crippen LogP contribution in [-0.2, 0) is 16.1 Å². The number of allylic oxidation sites excluding steroid dienone is 1. The lowest BCUT2D eigenvalue weighted by atomic mass is 10.1. The van der Waals surface area contributed by atoms with E-state index in [0.717, 1.165) is 5.56 Å². The summed E-state index contributed by atoms with van der Waals surface area (Å²) in [6.45, 7) is 1.53. The van der Waals surface area contributed by atoms with E-state index in [4.69, 9.17) is 23.4 Å². The Hall–Kier alpha value is -3.74. The van der Waals surface area contributed by atoms with Crippen molar-refractivity contribution in [2.45, 2.75) is 13.5 Å². The number of hydrogen-bond acceptors (Lipinski definition) is 7. The lowest BCUT2D eigenvalue weighted by molar-refractivity contribution is -0.147. The minimum absolute atomic E-state index is 0.0893. The van der Waals surface area contributed by atoms with Gasteiger partial charge in [0, 0.05) is 23.1 Å². The van der Waals surface area contributed by atoms with Crippen molar-refractivity contribution in [2.24, 2.45) is 0 Å². The van der Waals surface area contributed by atoms with Crippen LogP contribution in [0.3, 0.4) is 0 Å². The monoisotopic (exact) mass is 410 g/mol. The van der Waals surface area contributed by atoms with E-state index >= 15 is 0 Å². The topological polar surface area (TPSA) is 84.2 Å². The number of fused-ring (bicyclic) bond motifs is 1. The molecule has 2 aromatic carbocycles. The van der Waals surface area contributed by atoms with E-state index in [1.807, 2.05) is 31.2 Å². The highest BCUT2D eigenvalue weighted by Crippen LogP contribution is 2.28. The first-order chi connectivity index (χ1) is 14.5. The van der Waals surface area contributed by atoms with Gasteiger partial charge in [-0.1, -0.05) is 18.2 Å². The maximum absolute atomic E-state index is 12.2. The number of benzene rings is 2. The standard InChI is InChI=1S/C23H22O7/c1-4-5-15-6-9-19(21(10-15)27-3)28-14-23(25)29-13-16-11-22(24)30-20-12-17(26-2)7-8-18(16)20/h4-12H,13-14H2,1-3H3. The summed E-state index contributed by atoms with van der Waals surface area (Å²) in [5, 5.41) is 0.658. The van der Waals surface area contributed by atoms with Crippen LogP contribution in [0.1, 0.15) is 18.1 Å². The maximum atomic E-state index is 12.2. The van der Waals surface area contributed by atoms with Crippen LogP contribution in [0.25, 0.3) is 17.0 Å². The predicted octanol–water partition coefficient (Wildman–Crippen LogP) is 3.97. The molecule has 0 aliphatic rings. The quantitative estimate of drug-likeness (QED) is 0.410. The summed E-state index contributed by atoms with van der Waals surface area (Å²) in [4.78, 5) is 24.0. The SMILES string of the molecule is CC=Cc1ccc(OCC(=O)OCc2cc(=O)oc3cc(OC)ccc23)c(OC)c1. The number of ether oxygens (including phenoxy) is 4. The molecule has 156 valence electrons. The second-order valence-electron chi connectivity index (χ2n) is 6.31. The van der Waals surface area contributed by atoms with Crippen molar-refractivity contribution in [2.75, 3.05) is 20.8 Å². The van der Waals surface area contributed by atoms with Crippen molar-refractivity contribution in [1.29, 1.82) is 0 Å². The van der Waals surface area contributed by atoms with Crippen molar-refractivity contribution < 1.29 is 28.2 Å². The Kier molecular flexibility index (Phi) is 6.75. The van der Waals surface area contributed by atoms with E-state index in [1.165, 1.54) is 20.3 Å². The molecular weight excluding hydrogens is 388 g/mol. The average Bonchev–Trinajstić information content (AvgIpc) is 2.75. The number of methoxy groups -OCH3 is 2. The van der Waals surface area contributed by atoms with Gasteiger partial charge in [-0.05, 0) is 36.8 Å². The second kappa shape index (κ2) is 9.65. The normalized spacial score (nSPS) is 10.9. The van der Waals surface area contributed by atoms with Crippen molar-refractivity contribution >= 4 is 23.0 Å². The molecule has 0 amide bonds. The Morgan fingerprint density at radius 3 is 2.60 bits per heavy atom. The molecule has 0 bridgehead atoms. The van der Waals surface area contributed by atoms with Gasteiger partial charge in [0.05, 0.1) is 14.2 Å². The lowest BCUT2D eigenvalue weighted by Crippen LogP contribution is -2.15. The number of esters is 1. The highest BCUT2D eigenvalue weighted by atomic mass is 16.6. The Morgan fingerprint density at radius 2 is 1.87 bits per heavy atom. The first-order valence-corrected chi connectivity index (χ1v) is 9.24. The summed E-state index contributed by atoms with van der Waals surface area (Å²) in [5.74, 6) is 0.923. The van der Waals surface area contributed by atoms with Gasteiger partial charge in [0.15, 0.2) is 18.1 Å². The molecule has 7 heteroatoms. The van der Waals surface area contributed by atoms with Gasteiger partial charge in [0.1, 0.15) is 17.9 Å². The molecule has 0 fully saturated rings. The highest BCUT2D eigenvalue weighted by Gasteiger charge is 2.12. The predicted molar refractivity (Wildman–Crippen MR) is 112 cm³/mol. The third-order valence-electron chi connectivity index (χ3n) is 4.32. The van der Waals surface area contributed by atoms with Crippen LogP contribution in [-0.4, -0.2) is 26.8 Å².